The smallest absolute Gasteiger partial charge is 0.326 e. The molecule has 0 unspecified atom stereocenters. The van der Waals surface area contributed by atoms with Gasteiger partial charge in [-0.05, 0) is 12.3 Å². The highest BCUT2D eigenvalue weighted by Gasteiger charge is 2.22. The minimum Gasteiger partial charge on any atom is -0.480 e. The number of nitrogen functional groups attached to an aromatic ring is 1. The molecule has 1 rings (SSSR count). The quantitative estimate of drug-likeness (QED) is 0.728. The molecule has 1 aromatic heterocycles. The predicted octanol–water partition coefficient (Wildman–Crippen LogP) is 0.954. The maximum absolute atomic E-state index is 11.7. The first kappa shape index (κ1) is 13.4. The Morgan fingerprint density at radius 3 is 2.65 bits per heavy atom. The highest BCUT2D eigenvalue weighted by molar-refractivity contribution is 7.13. The van der Waals surface area contributed by atoms with Gasteiger partial charge in [0.15, 0.2) is 5.13 Å². The number of nitrogens with zero attached hydrogens (tertiary/aromatic N) is 1. The van der Waals surface area contributed by atoms with E-state index in [2.05, 4.69) is 10.3 Å². The van der Waals surface area contributed by atoms with Crippen molar-refractivity contribution >= 4 is 28.3 Å². The summed E-state index contributed by atoms with van der Waals surface area (Å²) in [4.78, 5) is 26.4. The summed E-state index contributed by atoms with van der Waals surface area (Å²) in [5, 5.41) is 13.2. The third-order valence-electron chi connectivity index (χ3n) is 2.07. The number of carbonyl (C=O) groups is 2. The van der Waals surface area contributed by atoms with E-state index in [1.807, 2.05) is 13.8 Å². The van der Waals surface area contributed by atoms with Crippen molar-refractivity contribution in [3.8, 4) is 0 Å². The van der Waals surface area contributed by atoms with Crippen LogP contribution in [0.3, 0.4) is 0 Å². The standard InChI is InChI=1S/C10H15N3O3S/c1-5(2)3-6(9(15)16)12-8(14)7-4-17-10(11)13-7/h4-6H,3H2,1-2H3,(H2,11,13)(H,12,14)(H,15,16)/t6-/m1/s1. The van der Waals surface area contributed by atoms with E-state index in [0.29, 0.717) is 6.42 Å². The van der Waals surface area contributed by atoms with Crippen molar-refractivity contribution in [2.45, 2.75) is 26.3 Å². The van der Waals surface area contributed by atoms with E-state index in [-0.39, 0.29) is 16.7 Å². The lowest BCUT2D eigenvalue weighted by Gasteiger charge is -2.15. The maximum atomic E-state index is 11.7. The SMILES string of the molecule is CC(C)C[C@@H](NC(=O)c1csc(N)n1)C(=O)O. The van der Waals surface area contributed by atoms with Crippen LogP contribution < -0.4 is 11.1 Å². The van der Waals surface area contributed by atoms with Gasteiger partial charge < -0.3 is 16.2 Å². The molecule has 0 aromatic carbocycles. The first-order valence-electron chi connectivity index (χ1n) is 5.14. The zero-order valence-electron chi connectivity index (χ0n) is 9.64. The Morgan fingerprint density at radius 1 is 1.59 bits per heavy atom. The van der Waals surface area contributed by atoms with E-state index in [0.717, 1.165) is 11.3 Å². The first-order chi connectivity index (χ1) is 7.90. The molecule has 1 heterocycles. The van der Waals surface area contributed by atoms with Gasteiger partial charge in [-0.25, -0.2) is 9.78 Å². The number of anilines is 1. The van der Waals surface area contributed by atoms with Crippen molar-refractivity contribution < 1.29 is 14.7 Å². The second-order valence-corrected chi connectivity index (χ2v) is 4.95. The second-order valence-electron chi connectivity index (χ2n) is 4.06. The van der Waals surface area contributed by atoms with Crippen molar-refractivity contribution in [3.63, 3.8) is 0 Å². The summed E-state index contributed by atoms with van der Waals surface area (Å²) in [6.45, 7) is 3.78. The molecule has 0 aliphatic carbocycles. The number of carboxylic acids is 1. The normalized spacial score (nSPS) is 12.4. The third kappa shape index (κ3) is 4.03. The van der Waals surface area contributed by atoms with Crippen LogP contribution in [0.5, 0.6) is 0 Å². The molecule has 0 bridgehead atoms. The molecule has 1 amide bonds. The minimum absolute atomic E-state index is 0.155. The molecule has 0 radical (unpaired) electrons. The summed E-state index contributed by atoms with van der Waals surface area (Å²) in [5.41, 5.74) is 5.55. The lowest BCUT2D eigenvalue weighted by molar-refractivity contribution is -0.139. The Labute approximate surface area is 103 Å². The van der Waals surface area contributed by atoms with E-state index in [1.165, 1.54) is 5.38 Å². The summed E-state index contributed by atoms with van der Waals surface area (Å²) in [5.74, 6) is -1.38. The topological polar surface area (TPSA) is 105 Å². The number of nitrogens with one attached hydrogen (secondary N) is 1. The molecular formula is C10H15N3O3S. The van der Waals surface area contributed by atoms with Gasteiger partial charge >= 0.3 is 5.97 Å². The molecule has 1 aromatic rings. The Balaban J connectivity index is 2.67. The van der Waals surface area contributed by atoms with Crippen LogP contribution >= 0.6 is 11.3 Å². The lowest BCUT2D eigenvalue weighted by Crippen LogP contribution is -2.41. The van der Waals surface area contributed by atoms with Crippen LogP contribution in [0, 0.1) is 5.92 Å². The molecule has 17 heavy (non-hydrogen) atoms. The summed E-state index contributed by atoms with van der Waals surface area (Å²) in [6, 6.07) is -0.898. The van der Waals surface area contributed by atoms with E-state index in [9.17, 15) is 9.59 Å². The molecule has 0 saturated carbocycles. The van der Waals surface area contributed by atoms with Crippen molar-refractivity contribution in [2.24, 2.45) is 5.92 Å². The van der Waals surface area contributed by atoms with Crippen LogP contribution in [0.2, 0.25) is 0 Å². The first-order valence-corrected chi connectivity index (χ1v) is 6.02. The van der Waals surface area contributed by atoms with Gasteiger partial charge in [-0.2, -0.15) is 0 Å². The largest absolute Gasteiger partial charge is 0.480 e. The van der Waals surface area contributed by atoms with Crippen LogP contribution in [-0.2, 0) is 4.79 Å². The fourth-order valence-corrected chi connectivity index (χ4v) is 1.86. The molecule has 7 heteroatoms. The van der Waals surface area contributed by atoms with Crippen molar-refractivity contribution in [3.05, 3.63) is 11.1 Å². The number of amides is 1. The Bertz CT molecular complexity index is 417. The average molecular weight is 257 g/mol. The fourth-order valence-electron chi connectivity index (χ4n) is 1.32. The number of carbonyl (C=O) groups excluding carboxylic acids is 1. The van der Waals surface area contributed by atoms with Crippen molar-refractivity contribution in [2.75, 3.05) is 5.73 Å². The Hall–Kier alpha value is -1.63. The molecule has 94 valence electrons. The van der Waals surface area contributed by atoms with Crippen molar-refractivity contribution in [1.29, 1.82) is 0 Å². The number of hydrogen-bond donors (Lipinski definition) is 3. The summed E-state index contributed by atoms with van der Waals surface area (Å²) in [6.07, 6.45) is 0.376. The van der Waals surface area contributed by atoms with E-state index in [1.54, 1.807) is 0 Å². The number of hydrogen-bond acceptors (Lipinski definition) is 5. The monoisotopic (exact) mass is 257 g/mol. The minimum atomic E-state index is -1.05. The van der Waals surface area contributed by atoms with Crippen LogP contribution in [0.25, 0.3) is 0 Å². The van der Waals surface area contributed by atoms with Crippen LogP contribution in [0.4, 0.5) is 5.13 Å². The summed E-state index contributed by atoms with van der Waals surface area (Å²) < 4.78 is 0. The van der Waals surface area contributed by atoms with Gasteiger partial charge in [0.1, 0.15) is 11.7 Å². The zero-order chi connectivity index (χ0) is 13.0. The molecule has 0 aliphatic heterocycles. The molecular weight excluding hydrogens is 242 g/mol. The number of carboxylic acid groups (broad SMARTS) is 1. The van der Waals surface area contributed by atoms with Gasteiger partial charge in [0.25, 0.3) is 5.91 Å². The lowest BCUT2D eigenvalue weighted by atomic mass is 10.0. The molecule has 6 nitrogen and oxygen atoms in total. The Morgan fingerprint density at radius 2 is 2.24 bits per heavy atom. The van der Waals surface area contributed by atoms with Crippen LogP contribution in [-0.4, -0.2) is 28.0 Å². The number of rotatable bonds is 5. The van der Waals surface area contributed by atoms with E-state index >= 15 is 0 Å². The van der Waals surface area contributed by atoms with Gasteiger partial charge in [0.2, 0.25) is 0 Å². The summed E-state index contributed by atoms with van der Waals surface area (Å²) in [7, 11) is 0. The van der Waals surface area contributed by atoms with Crippen molar-refractivity contribution in [1.82, 2.24) is 10.3 Å². The Kier molecular flexibility index (Phi) is 4.45. The van der Waals surface area contributed by atoms with Gasteiger partial charge in [-0.3, -0.25) is 4.79 Å². The van der Waals surface area contributed by atoms with E-state index < -0.39 is 17.9 Å². The molecule has 1 atom stereocenters. The molecule has 0 aliphatic rings. The molecule has 0 fully saturated rings. The van der Waals surface area contributed by atoms with Gasteiger partial charge in [-0.1, -0.05) is 13.8 Å². The predicted molar refractivity (Wildman–Crippen MR) is 64.9 cm³/mol. The fraction of sp³-hybridized carbons (Fsp3) is 0.500. The highest BCUT2D eigenvalue weighted by Crippen LogP contribution is 2.12. The van der Waals surface area contributed by atoms with Gasteiger partial charge in [0, 0.05) is 5.38 Å². The number of aromatic nitrogens is 1. The molecule has 4 N–H and O–H groups in total. The van der Waals surface area contributed by atoms with Gasteiger partial charge in [-0.15, -0.1) is 11.3 Å². The second kappa shape index (κ2) is 5.62. The van der Waals surface area contributed by atoms with Crippen LogP contribution in [0.1, 0.15) is 30.8 Å². The summed E-state index contributed by atoms with van der Waals surface area (Å²) >= 11 is 1.14. The third-order valence-corrected chi connectivity index (χ3v) is 2.74. The average Bonchev–Trinajstić information content (AvgIpc) is 2.63. The molecule has 0 saturated heterocycles. The van der Waals surface area contributed by atoms with E-state index in [4.69, 9.17) is 10.8 Å². The number of nitrogens with two attached hydrogens (primary N) is 1. The van der Waals surface area contributed by atoms with Gasteiger partial charge in [0.05, 0.1) is 0 Å². The zero-order valence-corrected chi connectivity index (χ0v) is 10.5. The molecule has 0 spiro atoms. The van der Waals surface area contributed by atoms with Crippen LogP contribution in [0.15, 0.2) is 5.38 Å². The maximum Gasteiger partial charge on any atom is 0.326 e. The number of aliphatic carboxylic acids is 1. The number of thiazole rings is 1. The highest BCUT2D eigenvalue weighted by atomic mass is 32.1.